The Bertz CT molecular complexity index is 634. The molecule has 0 radical (unpaired) electrons. The molecule has 0 aliphatic rings. The van der Waals surface area contributed by atoms with Crippen LogP contribution in [0.5, 0.6) is 5.75 Å². The number of benzene rings is 2. The third kappa shape index (κ3) is 5.93. The summed E-state index contributed by atoms with van der Waals surface area (Å²) in [5.41, 5.74) is 6.98. The summed E-state index contributed by atoms with van der Waals surface area (Å²) in [5, 5.41) is 3.43. The van der Waals surface area contributed by atoms with Crippen LogP contribution in [0.1, 0.15) is 12.5 Å². The van der Waals surface area contributed by atoms with E-state index in [4.69, 9.17) is 22.1 Å². The summed E-state index contributed by atoms with van der Waals surface area (Å²) in [6.07, 6.45) is 0.331. The second kappa shape index (κ2) is 8.56. The maximum absolute atomic E-state index is 12.0. The third-order valence-corrected chi connectivity index (χ3v) is 3.57. The van der Waals surface area contributed by atoms with Gasteiger partial charge in [0.25, 0.3) is 0 Å². The lowest BCUT2D eigenvalue weighted by molar-refractivity contribution is -0.122. The molecule has 0 bridgehead atoms. The molecule has 1 amide bonds. The van der Waals surface area contributed by atoms with Crippen molar-refractivity contribution in [2.75, 3.05) is 6.54 Å². The predicted molar refractivity (Wildman–Crippen MR) is 92.7 cm³/mol. The number of carbonyl (C=O) groups is 1. The number of nitrogens with two attached hydrogens (primary N) is 1. The Hall–Kier alpha value is -2.04. The molecule has 0 aromatic heterocycles. The van der Waals surface area contributed by atoms with Crippen LogP contribution in [0.25, 0.3) is 0 Å². The number of amides is 1. The Morgan fingerprint density at radius 1 is 1.22 bits per heavy atom. The first-order valence-electron chi connectivity index (χ1n) is 7.54. The molecular formula is C18H21ClN2O2. The molecule has 2 aromatic rings. The van der Waals surface area contributed by atoms with Gasteiger partial charge in [0, 0.05) is 5.02 Å². The third-order valence-electron chi connectivity index (χ3n) is 3.33. The molecule has 2 rings (SSSR count). The highest BCUT2D eigenvalue weighted by Gasteiger charge is 2.15. The van der Waals surface area contributed by atoms with Gasteiger partial charge in [-0.3, -0.25) is 4.79 Å². The zero-order chi connectivity index (χ0) is 16.7. The van der Waals surface area contributed by atoms with Crippen LogP contribution in [0.15, 0.2) is 54.6 Å². The summed E-state index contributed by atoms with van der Waals surface area (Å²) >= 11 is 5.91. The largest absolute Gasteiger partial charge is 0.489 e. The first kappa shape index (κ1) is 17.3. The van der Waals surface area contributed by atoms with Gasteiger partial charge < -0.3 is 15.8 Å². The molecule has 2 atom stereocenters. The lowest BCUT2D eigenvalue weighted by Crippen LogP contribution is -2.45. The Balaban J connectivity index is 1.77. The van der Waals surface area contributed by atoms with E-state index < -0.39 is 6.04 Å². The first-order chi connectivity index (χ1) is 11.0. The Morgan fingerprint density at radius 2 is 1.96 bits per heavy atom. The summed E-state index contributed by atoms with van der Waals surface area (Å²) in [5.74, 6) is 0.489. The fraction of sp³-hybridized carbons (Fsp3) is 0.278. The Kier molecular flexibility index (Phi) is 6.44. The van der Waals surface area contributed by atoms with Crippen LogP contribution in [0.4, 0.5) is 0 Å². The van der Waals surface area contributed by atoms with Crippen LogP contribution in [-0.2, 0) is 11.2 Å². The minimum atomic E-state index is -0.573. The number of hydrogen-bond donors (Lipinski definition) is 2. The van der Waals surface area contributed by atoms with Gasteiger partial charge in [-0.2, -0.15) is 0 Å². The van der Waals surface area contributed by atoms with Crippen molar-refractivity contribution in [1.82, 2.24) is 5.32 Å². The topological polar surface area (TPSA) is 64.4 Å². The predicted octanol–water partition coefficient (Wildman–Crippen LogP) is 2.79. The average molecular weight is 333 g/mol. The second-order valence-electron chi connectivity index (χ2n) is 5.43. The highest BCUT2D eigenvalue weighted by Crippen LogP contribution is 2.18. The smallest absolute Gasteiger partial charge is 0.237 e. The van der Waals surface area contributed by atoms with Gasteiger partial charge in [0.15, 0.2) is 0 Å². The van der Waals surface area contributed by atoms with E-state index >= 15 is 0 Å². The van der Waals surface area contributed by atoms with E-state index in [1.165, 1.54) is 0 Å². The lowest BCUT2D eigenvalue weighted by Gasteiger charge is -2.17. The number of hydrogen-bond acceptors (Lipinski definition) is 3. The van der Waals surface area contributed by atoms with Crippen LogP contribution < -0.4 is 15.8 Å². The van der Waals surface area contributed by atoms with Crippen molar-refractivity contribution in [1.29, 1.82) is 0 Å². The molecule has 122 valence electrons. The molecule has 5 heteroatoms. The van der Waals surface area contributed by atoms with Gasteiger partial charge in [0.05, 0.1) is 12.6 Å². The number of carbonyl (C=O) groups excluding carboxylic acids is 1. The van der Waals surface area contributed by atoms with Crippen LogP contribution in [0.2, 0.25) is 5.02 Å². The first-order valence-corrected chi connectivity index (χ1v) is 7.92. The lowest BCUT2D eigenvalue weighted by atomic mass is 10.1. The minimum absolute atomic E-state index is 0.179. The van der Waals surface area contributed by atoms with Gasteiger partial charge in [-0.1, -0.05) is 48.0 Å². The quantitative estimate of drug-likeness (QED) is 0.819. The molecule has 0 spiro atoms. The minimum Gasteiger partial charge on any atom is -0.489 e. The van der Waals surface area contributed by atoms with Crippen LogP contribution >= 0.6 is 11.6 Å². The summed E-state index contributed by atoms with van der Waals surface area (Å²) in [7, 11) is 0. The highest BCUT2D eigenvalue weighted by atomic mass is 35.5. The average Bonchev–Trinajstić information content (AvgIpc) is 2.53. The van der Waals surface area contributed by atoms with Crippen molar-refractivity contribution in [3.63, 3.8) is 0 Å². The fourth-order valence-electron chi connectivity index (χ4n) is 2.15. The molecule has 0 aliphatic heterocycles. The molecule has 3 N–H and O–H groups in total. The SMILES string of the molecule is CC(CNC(=O)[C@@H](N)Cc1ccccc1)Oc1cccc(Cl)c1. The number of nitrogens with one attached hydrogen (secondary N) is 1. The van der Waals surface area contributed by atoms with Crippen LogP contribution in [0.3, 0.4) is 0 Å². The Labute approximate surface area is 141 Å². The summed E-state index contributed by atoms with van der Waals surface area (Å²) < 4.78 is 5.70. The summed E-state index contributed by atoms with van der Waals surface area (Å²) in [6.45, 7) is 2.26. The maximum Gasteiger partial charge on any atom is 0.237 e. The van der Waals surface area contributed by atoms with Gasteiger partial charge in [0.2, 0.25) is 5.91 Å². The van der Waals surface area contributed by atoms with Crippen molar-refractivity contribution < 1.29 is 9.53 Å². The molecule has 2 aromatic carbocycles. The van der Waals surface area contributed by atoms with Gasteiger partial charge in [-0.15, -0.1) is 0 Å². The van der Waals surface area contributed by atoms with Gasteiger partial charge in [0.1, 0.15) is 11.9 Å². The zero-order valence-corrected chi connectivity index (χ0v) is 13.8. The van der Waals surface area contributed by atoms with Crippen molar-refractivity contribution >= 4 is 17.5 Å². The van der Waals surface area contributed by atoms with Crippen LogP contribution in [0, 0.1) is 0 Å². The molecule has 0 heterocycles. The van der Waals surface area contributed by atoms with Crippen molar-refractivity contribution in [2.24, 2.45) is 5.73 Å². The van der Waals surface area contributed by atoms with E-state index in [2.05, 4.69) is 5.32 Å². The normalized spacial score (nSPS) is 13.2. The van der Waals surface area contributed by atoms with E-state index in [1.54, 1.807) is 12.1 Å². The van der Waals surface area contributed by atoms with E-state index in [1.807, 2.05) is 49.4 Å². The van der Waals surface area contributed by atoms with Gasteiger partial charge >= 0.3 is 0 Å². The molecule has 0 saturated carbocycles. The molecule has 0 saturated heterocycles. The second-order valence-corrected chi connectivity index (χ2v) is 5.86. The summed E-state index contributed by atoms with van der Waals surface area (Å²) in [4.78, 5) is 12.0. The molecule has 0 aliphatic carbocycles. The number of rotatable bonds is 7. The maximum atomic E-state index is 12.0. The number of ether oxygens (including phenoxy) is 1. The highest BCUT2D eigenvalue weighted by molar-refractivity contribution is 6.30. The fourth-order valence-corrected chi connectivity index (χ4v) is 2.33. The molecular weight excluding hydrogens is 312 g/mol. The summed E-state index contributed by atoms with van der Waals surface area (Å²) in [6, 6.07) is 16.3. The van der Waals surface area contributed by atoms with E-state index in [9.17, 15) is 4.79 Å². The van der Waals surface area contributed by atoms with E-state index in [0.717, 1.165) is 5.56 Å². The van der Waals surface area contributed by atoms with E-state index in [-0.39, 0.29) is 12.0 Å². The van der Waals surface area contributed by atoms with Crippen LogP contribution in [-0.4, -0.2) is 24.6 Å². The zero-order valence-electron chi connectivity index (χ0n) is 13.0. The molecule has 0 fully saturated rings. The standard InChI is InChI=1S/C18H21ClN2O2/c1-13(23-16-9-5-8-15(19)11-16)12-21-18(22)17(20)10-14-6-3-2-4-7-14/h2-9,11,13,17H,10,12,20H2,1H3,(H,21,22)/t13?,17-/m0/s1. The Morgan fingerprint density at radius 3 is 2.65 bits per heavy atom. The molecule has 1 unspecified atom stereocenters. The van der Waals surface area contributed by atoms with Crippen molar-refractivity contribution in [3.05, 3.63) is 65.2 Å². The van der Waals surface area contributed by atoms with Crippen molar-refractivity contribution in [2.45, 2.75) is 25.5 Å². The molecule has 4 nitrogen and oxygen atoms in total. The number of halogens is 1. The van der Waals surface area contributed by atoms with Crippen molar-refractivity contribution in [3.8, 4) is 5.75 Å². The molecule has 23 heavy (non-hydrogen) atoms. The van der Waals surface area contributed by atoms with Gasteiger partial charge in [-0.05, 0) is 37.1 Å². The monoisotopic (exact) mass is 332 g/mol. The van der Waals surface area contributed by atoms with Gasteiger partial charge in [-0.25, -0.2) is 0 Å². The van der Waals surface area contributed by atoms with E-state index in [0.29, 0.717) is 23.7 Å².